The Morgan fingerprint density at radius 1 is 1.26 bits per heavy atom. The van der Waals surface area contributed by atoms with Gasteiger partial charge < -0.3 is 15.4 Å². The maximum atomic E-state index is 6.25. The fraction of sp³-hybridized carbons (Fsp3) is 0.625. The van der Waals surface area contributed by atoms with Crippen molar-refractivity contribution in [3.8, 4) is 5.75 Å². The summed E-state index contributed by atoms with van der Waals surface area (Å²) in [7, 11) is 0. The zero-order valence-corrected chi connectivity index (χ0v) is 12.8. The van der Waals surface area contributed by atoms with Gasteiger partial charge in [0.1, 0.15) is 5.75 Å². The first-order chi connectivity index (χ1) is 9.13. The molecule has 0 saturated carbocycles. The summed E-state index contributed by atoms with van der Waals surface area (Å²) >= 11 is 0. The number of hydrogen-bond donors (Lipinski definition) is 1. The van der Waals surface area contributed by atoms with Crippen molar-refractivity contribution in [1.82, 2.24) is 0 Å². The van der Waals surface area contributed by atoms with Crippen molar-refractivity contribution in [2.24, 2.45) is 5.92 Å². The van der Waals surface area contributed by atoms with Crippen LogP contribution in [0.25, 0.3) is 0 Å². The molecule has 0 saturated heterocycles. The predicted octanol–water partition coefficient (Wildman–Crippen LogP) is 3.93. The first-order valence-corrected chi connectivity index (χ1v) is 7.40. The second-order valence-corrected chi connectivity index (χ2v) is 5.09. The van der Waals surface area contributed by atoms with Gasteiger partial charge in [0.15, 0.2) is 0 Å². The van der Waals surface area contributed by atoms with E-state index < -0.39 is 0 Å². The van der Waals surface area contributed by atoms with Gasteiger partial charge in [0.05, 0.1) is 18.0 Å². The molecule has 3 heteroatoms. The lowest BCUT2D eigenvalue weighted by Crippen LogP contribution is -2.28. The number of nitrogens with zero attached hydrogens (tertiary/aromatic N) is 1. The van der Waals surface area contributed by atoms with Crippen LogP contribution < -0.4 is 15.4 Å². The third-order valence-electron chi connectivity index (χ3n) is 3.46. The van der Waals surface area contributed by atoms with Crippen LogP contribution in [0.3, 0.4) is 0 Å². The Morgan fingerprint density at radius 2 is 2.00 bits per heavy atom. The van der Waals surface area contributed by atoms with E-state index in [0.717, 1.165) is 36.6 Å². The summed E-state index contributed by atoms with van der Waals surface area (Å²) in [6, 6.07) is 6.06. The number of benzene rings is 1. The number of nitrogen functional groups attached to an aromatic ring is 1. The van der Waals surface area contributed by atoms with Crippen LogP contribution >= 0.6 is 0 Å². The molecule has 108 valence electrons. The molecule has 0 spiro atoms. The molecule has 1 atom stereocenters. The molecule has 0 bridgehead atoms. The molecule has 0 aliphatic carbocycles. The van der Waals surface area contributed by atoms with E-state index in [-0.39, 0.29) is 0 Å². The third-order valence-corrected chi connectivity index (χ3v) is 3.46. The summed E-state index contributed by atoms with van der Waals surface area (Å²) in [5.74, 6) is 1.47. The van der Waals surface area contributed by atoms with E-state index >= 15 is 0 Å². The van der Waals surface area contributed by atoms with Crippen molar-refractivity contribution in [1.29, 1.82) is 0 Å². The van der Waals surface area contributed by atoms with Crippen LogP contribution in [0.5, 0.6) is 5.75 Å². The summed E-state index contributed by atoms with van der Waals surface area (Å²) in [6.45, 7) is 11.5. The smallest absolute Gasteiger partial charge is 0.144 e. The van der Waals surface area contributed by atoms with Crippen molar-refractivity contribution in [3.63, 3.8) is 0 Å². The van der Waals surface area contributed by atoms with Gasteiger partial charge in [-0.3, -0.25) is 0 Å². The van der Waals surface area contributed by atoms with Gasteiger partial charge in [-0.1, -0.05) is 33.3 Å². The average Bonchev–Trinajstić information content (AvgIpc) is 2.43. The second-order valence-electron chi connectivity index (χ2n) is 5.09. The van der Waals surface area contributed by atoms with Crippen molar-refractivity contribution < 1.29 is 4.74 Å². The minimum absolute atomic E-state index is 0.666. The first kappa shape index (κ1) is 15.7. The molecule has 0 aromatic heterocycles. The monoisotopic (exact) mass is 264 g/mol. The highest BCUT2D eigenvalue weighted by molar-refractivity contribution is 5.74. The number of nitrogens with two attached hydrogens (primary N) is 1. The lowest BCUT2D eigenvalue weighted by molar-refractivity contribution is 0.319. The van der Waals surface area contributed by atoms with E-state index in [0.29, 0.717) is 12.5 Å². The van der Waals surface area contributed by atoms with Crippen LogP contribution in [0, 0.1) is 5.92 Å². The highest BCUT2D eigenvalue weighted by atomic mass is 16.5. The number of ether oxygens (including phenoxy) is 1. The van der Waals surface area contributed by atoms with E-state index in [1.54, 1.807) is 0 Å². The largest absolute Gasteiger partial charge is 0.491 e. The second kappa shape index (κ2) is 7.93. The highest BCUT2D eigenvalue weighted by Crippen LogP contribution is 2.32. The van der Waals surface area contributed by atoms with Crippen molar-refractivity contribution in [2.75, 3.05) is 30.3 Å². The summed E-state index contributed by atoms with van der Waals surface area (Å²) in [4.78, 5) is 2.34. The van der Waals surface area contributed by atoms with Gasteiger partial charge in [-0.2, -0.15) is 0 Å². The fourth-order valence-electron chi connectivity index (χ4n) is 2.05. The Bertz CT molecular complexity index is 379. The topological polar surface area (TPSA) is 38.5 Å². The molecular formula is C16H28N2O. The van der Waals surface area contributed by atoms with Gasteiger partial charge in [-0.05, 0) is 31.4 Å². The zero-order valence-electron chi connectivity index (χ0n) is 12.8. The molecule has 3 nitrogen and oxygen atoms in total. The summed E-state index contributed by atoms with van der Waals surface area (Å²) < 4.78 is 5.70. The molecule has 0 heterocycles. The minimum Gasteiger partial charge on any atom is -0.491 e. The van der Waals surface area contributed by atoms with Gasteiger partial charge in [-0.15, -0.1) is 0 Å². The average molecular weight is 264 g/mol. The van der Waals surface area contributed by atoms with Gasteiger partial charge >= 0.3 is 0 Å². The Hall–Kier alpha value is -1.38. The number of para-hydroxylation sites is 1. The van der Waals surface area contributed by atoms with Gasteiger partial charge in [0.2, 0.25) is 0 Å². The fourth-order valence-corrected chi connectivity index (χ4v) is 2.05. The van der Waals surface area contributed by atoms with Crippen molar-refractivity contribution in [3.05, 3.63) is 18.2 Å². The normalized spacial score (nSPS) is 12.2. The van der Waals surface area contributed by atoms with Crippen LogP contribution in [0.1, 0.15) is 40.5 Å². The summed E-state index contributed by atoms with van der Waals surface area (Å²) in [6.07, 6.45) is 2.18. The molecule has 2 N–H and O–H groups in total. The van der Waals surface area contributed by atoms with Crippen LogP contribution in [0.2, 0.25) is 0 Å². The molecule has 1 aromatic carbocycles. The van der Waals surface area contributed by atoms with E-state index in [2.05, 4.69) is 38.7 Å². The summed E-state index contributed by atoms with van der Waals surface area (Å²) in [5, 5.41) is 0. The third kappa shape index (κ3) is 4.34. The summed E-state index contributed by atoms with van der Waals surface area (Å²) in [5.41, 5.74) is 8.11. The van der Waals surface area contributed by atoms with E-state index in [9.17, 15) is 0 Å². The minimum atomic E-state index is 0.666. The van der Waals surface area contributed by atoms with E-state index in [4.69, 9.17) is 10.5 Å². The van der Waals surface area contributed by atoms with E-state index in [1.165, 1.54) is 6.42 Å². The molecule has 0 amide bonds. The standard InChI is InChI=1S/C16H28N2O/c1-5-11-19-15-10-8-9-14(16(15)17)18(7-3)12-13(4)6-2/h8-10,13H,5-7,11-12,17H2,1-4H3. The van der Waals surface area contributed by atoms with Crippen LogP contribution in [0.15, 0.2) is 18.2 Å². The molecule has 0 fully saturated rings. The van der Waals surface area contributed by atoms with Crippen LogP contribution in [0.4, 0.5) is 11.4 Å². The van der Waals surface area contributed by atoms with Gasteiger partial charge in [0, 0.05) is 13.1 Å². The molecule has 0 aliphatic rings. The van der Waals surface area contributed by atoms with Crippen molar-refractivity contribution in [2.45, 2.75) is 40.5 Å². The molecule has 0 radical (unpaired) electrons. The molecule has 1 aromatic rings. The predicted molar refractivity (Wildman–Crippen MR) is 84.0 cm³/mol. The number of anilines is 2. The molecule has 1 rings (SSSR count). The Morgan fingerprint density at radius 3 is 2.58 bits per heavy atom. The lowest BCUT2D eigenvalue weighted by Gasteiger charge is -2.28. The van der Waals surface area contributed by atoms with Crippen LogP contribution in [-0.2, 0) is 0 Å². The maximum Gasteiger partial charge on any atom is 0.144 e. The number of rotatable bonds is 8. The molecule has 1 unspecified atom stereocenters. The molecular weight excluding hydrogens is 236 g/mol. The zero-order chi connectivity index (χ0) is 14.3. The Kier molecular flexibility index (Phi) is 6.54. The molecule has 0 aliphatic heterocycles. The highest BCUT2D eigenvalue weighted by Gasteiger charge is 2.13. The number of hydrogen-bond acceptors (Lipinski definition) is 3. The van der Waals surface area contributed by atoms with Gasteiger partial charge in [0.25, 0.3) is 0 Å². The van der Waals surface area contributed by atoms with Crippen molar-refractivity contribution >= 4 is 11.4 Å². The van der Waals surface area contributed by atoms with E-state index in [1.807, 2.05) is 12.1 Å². The molecule has 19 heavy (non-hydrogen) atoms. The maximum absolute atomic E-state index is 6.25. The first-order valence-electron chi connectivity index (χ1n) is 7.40. The Labute approximate surface area is 117 Å². The SMILES string of the molecule is CCCOc1cccc(N(CC)CC(C)CC)c1N. The lowest BCUT2D eigenvalue weighted by atomic mass is 10.1. The Balaban J connectivity index is 2.90. The van der Waals surface area contributed by atoms with Crippen LogP contribution in [-0.4, -0.2) is 19.7 Å². The quantitative estimate of drug-likeness (QED) is 0.723. The van der Waals surface area contributed by atoms with Gasteiger partial charge in [-0.25, -0.2) is 0 Å².